The summed E-state index contributed by atoms with van der Waals surface area (Å²) in [4.78, 5) is 23.9. The van der Waals surface area contributed by atoms with E-state index >= 15 is 0 Å². The Balaban J connectivity index is 1.31. The summed E-state index contributed by atoms with van der Waals surface area (Å²) in [6.45, 7) is 4.01. The SMILES string of the molecule is COC(=O)COc1c(Br)cc(/C=N/NC(=O)c2ccc(COc3ccc(-n4c(C)ccc4C)cc3)o2)cc1OC. The summed E-state index contributed by atoms with van der Waals surface area (Å²) < 4.78 is 29.5. The molecular weight excluding hydrogens is 582 g/mol. The van der Waals surface area contributed by atoms with Crippen molar-refractivity contribution in [2.75, 3.05) is 20.8 Å². The average Bonchev–Trinajstić information content (AvgIpc) is 3.57. The molecule has 10 nitrogen and oxygen atoms in total. The van der Waals surface area contributed by atoms with E-state index in [4.69, 9.17) is 18.6 Å². The van der Waals surface area contributed by atoms with Crippen LogP contribution in [0.4, 0.5) is 0 Å². The molecule has 208 valence electrons. The van der Waals surface area contributed by atoms with Gasteiger partial charge in [0.15, 0.2) is 23.9 Å². The van der Waals surface area contributed by atoms with E-state index in [0.29, 0.717) is 33.0 Å². The van der Waals surface area contributed by atoms with Crippen LogP contribution in [-0.2, 0) is 16.1 Å². The smallest absolute Gasteiger partial charge is 0.343 e. The molecule has 0 aliphatic carbocycles. The Hall–Kier alpha value is -4.51. The van der Waals surface area contributed by atoms with Crippen LogP contribution in [0.5, 0.6) is 17.2 Å². The highest BCUT2D eigenvalue weighted by Crippen LogP contribution is 2.36. The van der Waals surface area contributed by atoms with Crippen molar-refractivity contribution in [3.63, 3.8) is 0 Å². The standard InChI is InChI=1S/C29H28BrN3O7/c1-18-5-6-19(2)33(18)21-7-9-22(10-8-21)38-16-23-11-12-25(40-23)29(35)32-31-15-20-13-24(30)28(26(14-20)36-3)39-17-27(34)37-4/h5-15H,16-17H2,1-4H3,(H,32,35)/b31-15+. The van der Waals surface area contributed by atoms with Gasteiger partial charge in [-0.1, -0.05) is 0 Å². The van der Waals surface area contributed by atoms with Gasteiger partial charge in [0.25, 0.3) is 0 Å². The Morgan fingerprint density at radius 2 is 1.73 bits per heavy atom. The van der Waals surface area contributed by atoms with E-state index in [-0.39, 0.29) is 19.0 Å². The Morgan fingerprint density at radius 1 is 1.00 bits per heavy atom. The first kappa shape index (κ1) is 28.5. The monoisotopic (exact) mass is 609 g/mol. The number of aromatic nitrogens is 1. The first-order valence-electron chi connectivity index (χ1n) is 12.2. The van der Waals surface area contributed by atoms with Gasteiger partial charge >= 0.3 is 11.9 Å². The largest absolute Gasteiger partial charge is 0.493 e. The maximum Gasteiger partial charge on any atom is 0.343 e. The maximum atomic E-state index is 12.5. The third-order valence-corrected chi connectivity index (χ3v) is 6.42. The lowest BCUT2D eigenvalue weighted by Gasteiger charge is -2.12. The van der Waals surface area contributed by atoms with Crippen LogP contribution < -0.4 is 19.6 Å². The van der Waals surface area contributed by atoms with Crippen molar-refractivity contribution in [3.05, 3.63) is 93.6 Å². The maximum absolute atomic E-state index is 12.5. The average molecular weight is 610 g/mol. The molecule has 0 unspecified atom stereocenters. The van der Waals surface area contributed by atoms with Crippen LogP contribution >= 0.6 is 15.9 Å². The van der Waals surface area contributed by atoms with Crippen molar-refractivity contribution in [1.82, 2.24) is 9.99 Å². The number of amides is 1. The fraction of sp³-hybridized carbons (Fsp3) is 0.207. The van der Waals surface area contributed by atoms with E-state index < -0.39 is 11.9 Å². The number of furan rings is 1. The zero-order valence-electron chi connectivity index (χ0n) is 22.4. The number of halogens is 1. The Kier molecular flexibility index (Phi) is 9.28. The van der Waals surface area contributed by atoms with Gasteiger partial charge in [-0.25, -0.2) is 10.2 Å². The summed E-state index contributed by atoms with van der Waals surface area (Å²) in [5.74, 6) is 0.923. The number of carbonyl (C=O) groups is 2. The predicted molar refractivity (Wildman–Crippen MR) is 152 cm³/mol. The van der Waals surface area contributed by atoms with Gasteiger partial charge in [-0.05, 0) is 96.0 Å². The first-order chi connectivity index (χ1) is 19.3. The fourth-order valence-corrected chi connectivity index (χ4v) is 4.44. The predicted octanol–water partition coefficient (Wildman–Crippen LogP) is 5.35. The second-order valence-corrected chi connectivity index (χ2v) is 9.45. The lowest BCUT2D eigenvalue weighted by Crippen LogP contribution is -2.16. The van der Waals surface area contributed by atoms with Gasteiger partial charge in [0, 0.05) is 17.1 Å². The lowest BCUT2D eigenvalue weighted by atomic mass is 10.2. The molecule has 0 fully saturated rings. The van der Waals surface area contributed by atoms with Crippen LogP contribution in [0.15, 0.2) is 74.7 Å². The highest BCUT2D eigenvalue weighted by molar-refractivity contribution is 9.10. The van der Waals surface area contributed by atoms with Gasteiger partial charge in [0.05, 0.1) is 24.9 Å². The number of esters is 1. The van der Waals surface area contributed by atoms with Crippen molar-refractivity contribution < 1.29 is 33.0 Å². The van der Waals surface area contributed by atoms with E-state index in [1.165, 1.54) is 20.4 Å². The normalized spacial score (nSPS) is 10.9. The minimum Gasteiger partial charge on any atom is -0.493 e. The Morgan fingerprint density at radius 3 is 2.40 bits per heavy atom. The van der Waals surface area contributed by atoms with Gasteiger partial charge in [-0.3, -0.25) is 4.79 Å². The number of hydrogen-bond acceptors (Lipinski definition) is 8. The zero-order chi connectivity index (χ0) is 28.6. The fourth-order valence-electron chi connectivity index (χ4n) is 3.86. The molecule has 0 spiro atoms. The molecule has 0 radical (unpaired) electrons. The molecule has 0 aliphatic heterocycles. The second kappa shape index (κ2) is 13.0. The summed E-state index contributed by atoms with van der Waals surface area (Å²) >= 11 is 3.39. The second-order valence-electron chi connectivity index (χ2n) is 8.60. The molecular formula is C29H28BrN3O7. The molecule has 2 heterocycles. The number of nitrogens with zero attached hydrogens (tertiary/aromatic N) is 2. The third-order valence-electron chi connectivity index (χ3n) is 5.83. The molecule has 0 aliphatic rings. The topological polar surface area (TPSA) is 114 Å². The molecule has 2 aromatic heterocycles. The summed E-state index contributed by atoms with van der Waals surface area (Å²) in [6, 6.07) is 18.5. The van der Waals surface area contributed by atoms with Crippen LogP contribution in [0, 0.1) is 13.8 Å². The van der Waals surface area contributed by atoms with Crippen molar-refractivity contribution >= 4 is 34.0 Å². The van der Waals surface area contributed by atoms with E-state index in [9.17, 15) is 9.59 Å². The van der Waals surface area contributed by atoms with Crippen molar-refractivity contribution in [3.8, 4) is 22.9 Å². The quantitative estimate of drug-likeness (QED) is 0.138. The minimum atomic E-state index is -0.526. The molecule has 40 heavy (non-hydrogen) atoms. The van der Waals surface area contributed by atoms with Crippen LogP contribution in [0.1, 0.15) is 33.3 Å². The minimum absolute atomic E-state index is 0.0926. The molecule has 0 saturated heterocycles. The van der Waals surface area contributed by atoms with E-state index in [1.807, 2.05) is 24.3 Å². The van der Waals surface area contributed by atoms with Crippen LogP contribution in [-0.4, -0.2) is 43.5 Å². The third kappa shape index (κ3) is 6.92. The van der Waals surface area contributed by atoms with Gasteiger partial charge in [-0.15, -0.1) is 0 Å². The number of methoxy groups -OCH3 is 2. The molecule has 0 saturated carbocycles. The first-order valence-corrected chi connectivity index (χ1v) is 13.0. The summed E-state index contributed by atoms with van der Waals surface area (Å²) in [5, 5.41) is 3.99. The highest BCUT2D eigenvalue weighted by Gasteiger charge is 2.14. The number of hydrazone groups is 1. The van der Waals surface area contributed by atoms with Crippen molar-refractivity contribution in [2.24, 2.45) is 5.10 Å². The van der Waals surface area contributed by atoms with Crippen molar-refractivity contribution in [1.29, 1.82) is 0 Å². The van der Waals surface area contributed by atoms with Crippen LogP contribution in [0.3, 0.4) is 0 Å². The molecule has 1 N–H and O–H groups in total. The molecule has 4 aromatic rings. The highest BCUT2D eigenvalue weighted by atomic mass is 79.9. The number of carbonyl (C=O) groups excluding carboxylic acids is 2. The summed E-state index contributed by atoms with van der Waals surface area (Å²) in [6.07, 6.45) is 1.43. The molecule has 4 rings (SSSR count). The van der Waals surface area contributed by atoms with Gasteiger partial charge in [0.2, 0.25) is 0 Å². The van der Waals surface area contributed by atoms with E-state index in [1.54, 1.807) is 24.3 Å². The van der Waals surface area contributed by atoms with E-state index in [2.05, 4.69) is 61.7 Å². The van der Waals surface area contributed by atoms with Gasteiger partial charge < -0.3 is 27.9 Å². The molecule has 0 atom stereocenters. The van der Waals surface area contributed by atoms with Gasteiger partial charge in [-0.2, -0.15) is 5.10 Å². The summed E-state index contributed by atoms with van der Waals surface area (Å²) in [7, 11) is 2.74. The number of ether oxygens (including phenoxy) is 4. The molecule has 1 amide bonds. The van der Waals surface area contributed by atoms with Gasteiger partial charge in [0.1, 0.15) is 18.1 Å². The summed E-state index contributed by atoms with van der Waals surface area (Å²) in [5.41, 5.74) is 6.40. The number of hydrogen-bond donors (Lipinski definition) is 1. The zero-order valence-corrected chi connectivity index (χ0v) is 24.0. The molecule has 11 heteroatoms. The number of rotatable bonds is 11. The Bertz CT molecular complexity index is 1500. The number of aryl methyl sites for hydroxylation is 2. The Labute approximate surface area is 239 Å². The molecule has 2 aromatic carbocycles. The number of benzene rings is 2. The van der Waals surface area contributed by atoms with Crippen LogP contribution in [0.25, 0.3) is 5.69 Å². The number of nitrogens with one attached hydrogen (secondary N) is 1. The van der Waals surface area contributed by atoms with Crippen molar-refractivity contribution in [2.45, 2.75) is 20.5 Å². The van der Waals surface area contributed by atoms with E-state index in [0.717, 1.165) is 17.1 Å². The lowest BCUT2D eigenvalue weighted by molar-refractivity contribution is -0.142. The molecule has 0 bridgehead atoms. The van der Waals surface area contributed by atoms with Crippen LogP contribution in [0.2, 0.25) is 0 Å².